The van der Waals surface area contributed by atoms with Crippen molar-refractivity contribution in [3.05, 3.63) is 47.2 Å². The van der Waals surface area contributed by atoms with Crippen LogP contribution in [0, 0.1) is 35.8 Å². The normalized spacial score (nSPS) is 22.7. The van der Waals surface area contributed by atoms with Crippen LogP contribution in [0.15, 0.2) is 24.3 Å². The molecule has 7 rings (SSSR count). The standard InChI is InChI=1S/C35H33F3N6O2/c1-4-7-28-30-33(31(38)32(40-28)26-14-24(45)12-19-8-11-27(37)25(5-2)29(19)26)41-35(46-18-23-13-20(36)15-43(23)6-3)42-34(30)44-16-21-9-10-22(17-44)39-21/h2,8,11-12,14,20-23,39,45H,6,9-10,13,15-18H2,1,3H3/t20-,21-,22+,23+/m1/s1. The second-order valence-corrected chi connectivity index (χ2v) is 12.1. The molecule has 3 aliphatic heterocycles. The molecule has 0 spiro atoms. The van der Waals surface area contributed by atoms with Crippen molar-refractivity contribution < 1.29 is 23.0 Å². The van der Waals surface area contributed by atoms with Crippen LogP contribution in [0.3, 0.4) is 0 Å². The van der Waals surface area contributed by atoms with Gasteiger partial charge in [-0.1, -0.05) is 24.8 Å². The van der Waals surface area contributed by atoms with Crippen molar-refractivity contribution in [3.63, 3.8) is 0 Å². The zero-order valence-electron chi connectivity index (χ0n) is 25.6. The predicted molar refractivity (Wildman–Crippen MR) is 171 cm³/mol. The third kappa shape index (κ3) is 5.24. The molecule has 11 heteroatoms. The van der Waals surface area contributed by atoms with Gasteiger partial charge in [-0.15, -0.1) is 6.42 Å². The van der Waals surface area contributed by atoms with E-state index in [0.717, 1.165) is 12.8 Å². The van der Waals surface area contributed by atoms with E-state index >= 15 is 4.39 Å². The van der Waals surface area contributed by atoms with Gasteiger partial charge >= 0.3 is 6.01 Å². The lowest BCUT2D eigenvalue weighted by atomic mass is 9.95. The Morgan fingerprint density at radius 3 is 2.59 bits per heavy atom. The first-order valence-corrected chi connectivity index (χ1v) is 15.6. The van der Waals surface area contributed by atoms with E-state index < -0.39 is 17.8 Å². The molecular weight excluding hydrogens is 593 g/mol. The average Bonchev–Trinajstić information content (AvgIpc) is 3.59. The Kier molecular flexibility index (Phi) is 7.83. The molecular formula is C35H33F3N6O2. The third-order valence-corrected chi connectivity index (χ3v) is 9.24. The van der Waals surface area contributed by atoms with Crippen molar-refractivity contribution in [1.29, 1.82) is 0 Å². The summed E-state index contributed by atoms with van der Waals surface area (Å²) >= 11 is 0. The van der Waals surface area contributed by atoms with Crippen LogP contribution in [-0.2, 0) is 0 Å². The Labute approximate surface area is 265 Å². The Balaban J connectivity index is 1.45. The van der Waals surface area contributed by atoms with E-state index in [1.807, 2.05) is 11.8 Å². The van der Waals surface area contributed by atoms with Gasteiger partial charge in [0.05, 0.1) is 10.9 Å². The zero-order valence-corrected chi connectivity index (χ0v) is 25.6. The number of anilines is 1. The summed E-state index contributed by atoms with van der Waals surface area (Å²) in [5.41, 5.74) is -0.0284. The fourth-order valence-corrected chi connectivity index (χ4v) is 7.19. The van der Waals surface area contributed by atoms with Crippen LogP contribution in [-0.4, -0.2) is 82.0 Å². The number of ether oxygens (including phenoxy) is 1. The van der Waals surface area contributed by atoms with Gasteiger partial charge in [-0.05, 0) is 62.2 Å². The summed E-state index contributed by atoms with van der Waals surface area (Å²) in [6, 6.07) is 5.69. The van der Waals surface area contributed by atoms with Crippen LogP contribution in [0.1, 0.15) is 44.4 Å². The number of hydrogen-bond acceptors (Lipinski definition) is 8. The number of likely N-dealkylation sites (N-methyl/N-ethyl adjacent to an activating group) is 1. The maximum atomic E-state index is 17.0. The summed E-state index contributed by atoms with van der Waals surface area (Å²) in [4.78, 5) is 18.1. The molecule has 4 atom stereocenters. The molecule has 2 bridgehead atoms. The maximum absolute atomic E-state index is 17.0. The van der Waals surface area contributed by atoms with E-state index in [2.05, 4.69) is 37.9 Å². The number of nitrogens with one attached hydrogen (secondary N) is 1. The highest BCUT2D eigenvalue weighted by Gasteiger charge is 2.36. The molecule has 3 fully saturated rings. The Morgan fingerprint density at radius 1 is 1.09 bits per heavy atom. The molecule has 46 heavy (non-hydrogen) atoms. The summed E-state index contributed by atoms with van der Waals surface area (Å²) in [6.45, 7) is 6.03. The molecule has 0 aliphatic carbocycles. The van der Waals surface area contributed by atoms with Crippen LogP contribution in [0.5, 0.6) is 11.8 Å². The smallest absolute Gasteiger partial charge is 0.319 e. The second kappa shape index (κ2) is 12.0. The minimum Gasteiger partial charge on any atom is -0.508 e. The number of fused-ring (bicyclic) bond motifs is 4. The van der Waals surface area contributed by atoms with Gasteiger partial charge in [-0.3, -0.25) is 4.90 Å². The van der Waals surface area contributed by atoms with Crippen LogP contribution >= 0.6 is 0 Å². The Hall–Kier alpha value is -4.58. The molecule has 0 radical (unpaired) electrons. The topological polar surface area (TPSA) is 86.6 Å². The van der Waals surface area contributed by atoms with E-state index in [0.29, 0.717) is 49.2 Å². The van der Waals surface area contributed by atoms with Gasteiger partial charge in [0.2, 0.25) is 0 Å². The summed E-state index contributed by atoms with van der Waals surface area (Å²) in [5.74, 6) is 7.05. The molecule has 5 heterocycles. The van der Waals surface area contributed by atoms with E-state index in [1.165, 1.54) is 24.3 Å². The molecule has 3 saturated heterocycles. The zero-order chi connectivity index (χ0) is 32.1. The number of nitrogens with zero attached hydrogens (tertiary/aromatic N) is 5. The SMILES string of the molecule is C#Cc1c(F)ccc2cc(O)cc(-c3nc(C#CC)c4c(N5C[C@H]6CC[C@@H](C5)N6)nc(OC[C@@H]5C[C@@H](F)CN5CC)nc4c3F)c12. The first kappa shape index (κ1) is 30.1. The van der Waals surface area contributed by atoms with Gasteiger partial charge in [0.15, 0.2) is 5.82 Å². The average molecular weight is 627 g/mol. The molecule has 0 unspecified atom stereocenters. The van der Waals surface area contributed by atoms with E-state index in [9.17, 15) is 13.9 Å². The molecule has 2 aromatic carbocycles. The fourth-order valence-electron chi connectivity index (χ4n) is 7.19. The van der Waals surface area contributed by atoms with Crippen LogP contribution in [0.2, 0.25) is 0 Å². The second-order valence-electron chi connectivity index (χ2n) is 12.1. The number of halogens is 3. The van der Waals surface area contributed by atoms with E-state index in [4.69, 9.17) is 16.1 Å². The van der Waals surface area contributed by atoms with Crippen LogP contribution in [0.4, 0.5) is 19.0 Å². The molecule has 0 amide bonds. The van der Waals surface area contributed by atoms with Gasteiger partial charge in [0.25, 0.3) is 0 Å². The number of phenolic OH excluding ortho intramolecular Hbond substituents is 1. The first-order chi connectivity index (χ1) is 22.3. The molecule has 3 aliphatic rings. The summed E-state index contributed by atoms with van der Waals surface area (Å²) in [6.07, 6.45) is 7.12. The largest absolute Gasteiger partial charge is 0.508 e. The number of aromatic nitrogens is 3. The lowest BCUT2D eigenvalue weighted by molar-refractivity contribution is 0.170. The van der Waals surface area contributed by atoms with Gasteiger partial charge in [-0.2, -0.15) is 9.97 Å². The van der Waals surface area contributed by atoms with Gasteiger partial charge in [0, 0.05) is 48.7 Å². The van der Waals surface area contributed by atoms with E-state index in [-0.39, 0.29) is 69.9 Å². The quantitative estimate of drug-likeness (QED) is 0.292. The van der Waals surface area contributed by atoms with Crippen molar-refractivity contribution in [1.82, 2.24) is 25.2 Å². The molecule has 0 saturated carbocycles. The van der Waals surface area contributed by atoms with Crippen LogP contribution in [0.25, 0.3) is 32.9 Å². The first-order valence-electron chi connectivity index (χ1n) is 15.6. The molecule has 236 valence electrons. The van der Waals surface area contributed by atoms with Crippen molar-refractivity contribution in [2.24, 2.45) is 0 Å². The number of pyridine rings is 1. The lowest BCUT2D eigenvalue weighted by Crippen LogP contribution is -2.51. The molecule has 8 nitrogen and oxygen atoms in total. The highest BCUT2D eigenvalue weighted by molar-refractivity contribution is 6.04. The summed E-state index contributed by atoms with van der Waals surface area (Å²) in [5, 5.41) is 15.2. The summed E-state index contributed by atoms with van der Waals surface area (Å²) < 4.78 is 52.3. The number of rotatable bonds is 6. The number of likely N-dealkylation sites (tertiary alicyclic amines) is 1. The van der Waals surface area contributed by atoms with Gasteiger partial charge in [0.1, 0.15) is 47.1 Å². The van der Waals surface area contributed by atoms with Crippen molar-refractivity contribution in [2.75, 3.05) is 37.7 Å². The highest BCUT2D eigenvalue weighted by Crippen LogP contribution is 2.40. The van der Waals surface area contributed by atoms with E-state index in [1.54, 1.807) is 6.92 Å². The molecule has 2 aromatic heterocycles. The third-order valence-electron chi connectivity index (χ3n) is 9.24. The number of hydrogen-bond donors (Lipinski definition) is 2. The lowest BCUT2D eigenvalue weighted by Gasteiger charge is -2.34. The Bertz CT molecular complexity index is 1960. The Morgan fingerprint density at radius 2 is 1.87 bits per heavy atom. The van der Waals surface area contributed by atoms with Crippen molar-refractivity contribution in [2.45, 2.75) is 57.4 Å². The highest BCUT2D eigenvalue weighted by atomic mass is 19.1. The van der Waals surface area contributed by atoms with Crippen molar-refractivity contribution in [3.8, 4) is 47.2 Å². The monoisotopic (exact) mass is 626 g/mol. The number of phenols is 1. The number of alkyl halides is 1. The molecule has 2 N–H and O–H groups in total. The fraction of sp³-hybridized carbons (Fsp3) is 0.400. The number of aromatic hydroxyl groups is 1. The number of piperazine rings is 1. The summed E-state index contributed by atoms with van der Waals surface area (Å²) in [7, 11) is 0. The predicted octanol–water partition coefficient (Wildman–Crippen LogP) is 4.93. The van der Waals surface area contributed by atoms with Gasteiger partial charge in [-0.25, -0.2) is 18.2 Å². The minimum absolute atomic E-state index is 0.0469. The number of terminal acetylenes is 1. The van der Waals surface area contributed by atoms with Crippen molar-refractivity contribution >= 4 is 27.5 Å². The maximum Gasteiger partial charge on any atom is 0.319 e. The minimum atomic E-state index is -0.950. The number of benzene rings is 2. The van der Waals surface area contributed by atoms with Crippen LogP contribution < -0.4 is 15.0 Å². The van der Waals surface area contributed by atoms with Gasteiger partial charge < -0.3 is 20.1 Å². The molecule has 4 aromatic rings.